The molecule has 0 amide bonds. The van der Waals surface area contributed by atoms with E-state index in [1.165, 1.54) is 0 Å². The Balaban J connectivity index is 2.88. The first-order valence-electron chi connectivity index (χ1n) is 5.26. The van der Waals surface area contributed by atoms with Crippen molar-refractivity contribution in [3.8, 4) is 5.75 Å². The molecule has 0 saturated carbocycles. The first kappa shape index (κ1) is 11.8. The molecule has 1 rings (SSSR count). The standard InChI is InChI=1S/C11H18N2O2/c1-4-5-13-10(6-9(2)8-14)11(15-3)7-12-13/h7-9H,4-6H2,1-3H3. The number of aldehydes is 1. The summed E-state index contributed by atoms with van der Waals surface area (Å²) >= 11 is 0. The lowest BCUT2D eigenvalue weighted by Crippen LogP contribution is -2.10. The normalized spacial score (nSPS) is 12.5. The highest BCUT2D eigenvalue weighted by Gasteiger charge is 2.13. The van der Waals surface area contributed by atoms with Crippen molar-refractivity contribution in [2.75, 3.05) is 7.11 Å². The monoisotopic (exact) mass is 210 g/mol. The molecule has 4 heteroatoms. The van der Waals surface area contributed by atoms with Gasteiger partial charge in [0.15, 0.2) is 5.75 Å². The third-order valence-electron chi connectivity index (χ3n) is 2.31. The molecule has 0 radical (unpaired) electrons. The van der Waals surface area contributed by atoms with Crippen molar-refractivity contribution < 1.29 is 9.53 Å². The molecule has 0 fully saturated rings. The minimum Gasteiger partial charge on any atom is -0.493 e. The molecule has 0 spiro atoms. The number of carbonyl (C=O) groups is 1. The highest BCUT2D eigenvalue weighted by Crippen LogP contribution is 2.20. The Morgan fingerprint density at radius 2 is 2.40 bits per heavy atom. The van der Waals surface area contributed by atoms with E-state index in [4.69, 9.17) is 4.74 Å². The van der Waals surface area contributed by atoms with Crippen LogP contribution in [0.5, 0.6) is 5.75 Å². The van der Waals surface area contributed by atoms with Gasteiger partial charge in [0.1, 0.15) is 6.29 Å². The molecule has 0 saturated heterocycles. The largest absolute Gasteiger partial charge is 0.493 e. The van der Waals surface area contributed by atoms with Crippen molar-refractivity contribution in [3.05, 3.63) is 11.9 Å². The number of carbonyl (C=O) groups excluding carboxylic acids is 1. The molecule has 0 N–H and O–H groups in total. The quantitative estimate of drug-likeness (QED) is 0.671. The van der Waals surface area contributed by atoms with Crippen molar-refractivity contribution >= 4 is 6.29 Å². The van der Waals surface area contributed by atoms with Crippen LogP contribution in [0.25, 0.3) is 0 Å². The molecule has 0 aliphatic carbocycles. The number of methoxy groups -OCH3 is 1. The number of rotatable bonds is 6. The molecule has 1 heterocycles. The second-order valence-corrected chi connectivity index (χ2v) is 3.70. The van der Waals surface area contributed by atoms with Crippen molar-refractivity contribution in [3.63, 3.8) is 0 Å². The number of aromatic nitrogens is 2. The Hall–Kier alpha value is -1.32. The van der Waals surface area contributed by atoms with Gasteiger partial charge >= 0.3 is 0 Å². The maximum Gasteiger partial charge on any atom is 0.159 e. The molecule has 0 aromatic carbocycles. The Morgan fingerprint density at radius 3 is 2.93 bits per heavy atom. The molecule has 1 atom stereocenters. The van der Waals surface area contributed by atoms with Gasteiger partial charge in [0, 0.05) is 18.9 Å². The fraction of sp³-hybridized carbons (Fsp3) is 0.636. The number of aryl methyl sites for hydroxylation is 1. The topological polar surface area (TPSA) is 44.1 Å². The minimum absolute atomic E-state index is 0.00575. The van der Waals surface area contributed by atoms with E-state index in [0.29, 0.717) is 6.42 Å². The van der Waals surface area contributed by atoms with E-state index < -0.39 is 0 Å². The van der Waals surface area contributed by atoms with Gasteiger partial charge in [-0.3, -0.25) is 4.68 Å². The zero-order chi connectivity index (χ0) is 11.3. The van der Waals surface area contributed by atoms with E-state index in [1.54, 1.807) is 13.3 Å². The molecular weight excluding hydrogens is 192 g/mol. The number of hydrogen-bond acceptors (Lipinski definition) is 3. The molecule has 0 aliphatic rings. The van der Waals surface area contributed by atoms with Crippen LogP contribution < -0.4 is 4.74 Å². The highest BCUT2D eigenvalue weighted by molar-refractivity contribution is 5.53. The summed E-state index contributed by atoms with van der Waals surface area (Å²) in [6, 6.07) is 0. The van der Waals surface area contributed by atoms with E-state index in [0.717, 1.165) is 30.7 Å². The zero-order valence-corrected chi connectivity index (χ0v) is 9.56. The summed E-state index contributed by atoms with van der Waals surface area (Å²) in [4.78, 5) is 10.6. The van der Waals surface area contributed by atoms with Crippen molar-refractivity contribution in [2.45, 2.75) is 33.2 Å². The lowest BCUT2D eigenvalue weighted by molar-refractivity contribution is -0.110. The summed E-state index contributed by atoms with van der Waals surface area (Å²) in [7, 11) is 1.63. The Labute approximate surface area is 90.2 Å². The summed E-state index contributed by atoms with van der Waals surface area (Å²) in [5.41, 5.74) is 1.01. The summed E-state index contributed by atoms with van der Waals surface area (Å²) in [5, 5.41) is 4.24. The van der Waals surface area contributed by atoms with Gasteiger partial charge in [-0.1, -0.05) is 13.8 Å². The number of nitrogens with zero attached hydrogens (tertiary/aromatic N) is 2. The summed E-state index contributed by atoms with van der Waals surface area (Å²) in [5.74, 6) is 0.781. The van der Waals surface area contributed by atoms with Gasteiger partial charge in [-0.05, 0) is 6.42 Å². The van der Waals surface area contributed by atoms with Crippen LogP contribution in [-0.4, -0.2) is 23.2 Å². The van der Waals surface area contributed by atoms with Crippen LogP contribution in [0.1, 0.15) is 26.0 Å². The first-order valence-corrected chi connectivity index (χ1v) is 5.26. The second kappa shape index (κ2) is 5.53. The first-order chi connectivity index (χ1) is 7.22. The average molecular weight is 210 g/mol. The number of hydrogen-bond donors (Lipinski definition) is 0. The third-order valence-corrected chi connectivity index (χ3v) is 2.31. The third kappa shape index (κ3) is 2.81. The van der Waals surface area contributed by atoms with E-state index in [2.05, 4.69) is 12.0 Å². The van der Waals surface area contributed by atoms with Crippen LogP contribution >= 0.6 is 0 Å². The summed E-state index contributed by atoms with van der Waals surface area (Å²) in [6.07, 6.45) is 4.38. The van der Waals surface area contributed by atoms with E-state index in [9.17, 15) is 4.79 Å². The van der Waals surface area contributed by atoms with Crippen LogP contribution in [-0.2, 0) is 17.8 Å². The second-order valence-electron chi connectivity index (χ2n) is 3.70. The van der Waals surface area contributed by atoms with Gasteiger partial charge in [0.05, 0.1) is 19.0 Å². The van der Waals surface area contributed by atoms with Gasteiger partial charge in [-0.25, -0.2) is 0 Å². The Morgan fingerprint density at radius 1 is 1.67 bits per heavy atom. The van der Waals surface area contributed by atoms with Gasteiger partial charge in [-0.15, -0.1) is 0 Å². The van der Waals surface area contributed by atoms with Gasteiger partial charge in [0.25, 0.3) is 0 Å². The van der Waals surface area contributed by atoms with E-state index >= 15 is 0 Å². The maximum absolute atomic E-state index is 10.6. The molecule has 0 bridgehead atoms. The lowest BCUT2D eigenvalue weighted by atomic mass is 10.1. The molecule has 84 valence electrons. The molecule has 1 unspecified atom stereocenters. The predicted octanol–water partition coefficient (Wildman–Crippen LogP) is 1.68. The Bertz CT molecular complexity index is 320. The maximum atomic E-state index is 10.6. The summed E-state index contributed by atoms with van der Waals surface area (Å²) in [6.45, 7) is 4.86. The van der Waals surface area contributed by atoms with E-state index in [-0.39, 0.29) is 5.92 Å². The molecular formula is C11H18N2O2. The highest BCUT2D eigenvalue weighted by atomic mass is 16.5. The van der Waals surface area contributed by atoms with Crippen molar-refractivity contribution in [2.24, 2.45) is 5.92 Å². The van der Waals surface area contributed by atoms with Crippen LogP contribution in [0, 0.1) is 5.92 Å². The average Bonchev–Trinajstić information content (AvgIpc) is 2.61. The van der Waals surface area contributed by atoms with Crippen LogP contribution in [0.2, 0.25) is 0 Å². The van der Waals surface area contributed by atoms with Gasteiger partial charge in [-0.2, -0.15) is 5.10 Å². The minimum atomic E-state index is 0.00575. The zero-order valence-electron chi connectivity index (χ0n) is 9.56. The molecule has 1 aromatic rings. The molecule has 15 heavy (non-hydrogen) atoms. The fourth-order valence-electron chi connectivity index (χ4n) is 1.53. The predicted molar refractivity (Wildman–Crippen MR) is 58.0 cm³/mol. The Kier molecular flexibility index (Phi) is 4.34. The van der Waals surface area contributed by atoms with E-state index in [1.807, 2.05) is 11.6 Å². The van der Waals surface area contributed by atoms with Gasteiger partial charge < -0.3 is 9.53 Å². The molecule has 1 aromatic heterocycles. The van der Waals surface area contributed by atoms with Gasteiger partial charge in [0.2, 0.25) is 0 Å². The van der Waals surface area contributed by atoms with Crippen LogP contribution in [0.4, 0.5) is 0 Å². The van der Waals surface area contributed by atoms with Crippen molar-refractivity contribution in [1.29, 1.82) is 0 Å². The summed E-state index contributed by atoms with van der Waals surface area (Å²) < 4.78 is 7.13. The fourth-order valence-corrected chi connectivity index (χ4v) is 1.53. The molecule has 4 nitrogen and oxygen atoms in total. The van der Waals surface area contributed by atoms with Crippen molar-refractivity contribution in [1.82, 2.24) is 9.78 Å². The number of ether oxygens (including phenoxy) is 1. The van der Waals surface area contributed by atoms with Crippen LogP contribution in [0.15, 0.2) is 6.20 Å². The van der Waals surface area contributed by atoms with Crippen LogP contribution in [0.3, 0.4) is 0 Å². The smallest absolute Gasteiger partial charge is 0.159 e. The molecule has 0 aliphatic heterocycles. The lowest BCUT2D eigenvalue weighted by Gasteiger charge is -2.09. The SMILES string of the molecule is CCCn1ncc(OC)c1CC(C)C=O.